The molecule has 0 heterocycles. The van der Waals surface area contributed by atoms with Crippen LogP contribution in [0.4, 0.5) is 11.4 Å². The van der Waals surface area contributed by atoms with Crippen LogP contribution in [0.3, 0.4) is 0 Å². The van der Waals surface area contributed by atoms with Gasteiger partial charge in [-0.25, -0.2) is 0 Å². The lowest BCUT2D eigenvalue weighted by atomic mass is 10.1. The molecule has 1 rings (SSSR count). The maximum Gasteiger partial charge on any atom is 0.0602 e. The van der Waals surface area contributed by atoms with Crippen molar-refractivity contribution in [2.24, 2.45) is 0 Å². The highest BCUT2D eigenvalue weighted by molar-refractivity contribution is 5.67. The van der Waals surface area contributed by atoms with Gasteiger partial charge < -0.3 is 10.6 Å². The van der Waals surface area contributed by atoms with Crippen LogP contribution >= 0.6 is 0 Å². The fourth-order valence-corrected chi connectivity index (χ4v) is 2.04. The second-order valence-electron chi connectivity index (χ2n) is 3.98. The van der Waals surface area contributed by atoms with Crippen molar-refractivity contribution in [2.45, 2.75) is 39.7 Å². The molecule has 0 aromatic heterocycles. The molecule has 2 heteroatoms. The van der Waals surface area contributed by atoms with Crippen molar-refractivity contribution in [1.29, 1.82) is 0 Å². The third-order valence-electron chi connectivity index (χ3n) is 2.83. The summed E-state index contributed by atoms with van der Waals surface area (Å²) >= 11 is 0. The maximum absolute atomic E-state index is 5.99. The first kappa shape index (κ1) is 11.9. The lowest BCUT2D eigenvalue weighted by Gasteiger charge is -2.31. The molecule has 0 aliphatic heterocycles. The first-order chi connectivity index (χ1) is 7.20. The third-order valence-corrected chi connectivity index (χ3v) is 2.83. The smallest absolute Gasteiger partial charge is 0.0602 e. The molecule has 1 atom stereocenters. The van der Waals surface area contributed by atoms with Gasteiger partial charge in [0.15, 0.2) is 0 Å². The summed E-state index contributed by atoms with van der Waals surface area (Å²) in [6.45, 7) is 7.67. The number of nitrogens with zero attached hydrogens (tertiary/aromatic N) is 1. The van der Waals surface area contributed by atoms with E-state index in [-0.39, 0.29) is 0 Å². The lowest BCUT2D eigenvalue weighted by Crippen LogP contribution is -2.33. The molecule has 1 aromatic rings. The summed E-state index contributed by atoms with van der Waals surface area (Å²) in [5, 5.41) is 0. The van der Waals surface area contributed by atoms with Crippen molar-refractivity contribution in [1.82, 2.24) is 0 Å². The molecule has 0 radical (unpaired) electrons. The van der Waals surface area contributed by atoms with Crippen molar-refractivity contribution in [3.8, 4) is 0 Å². The monoisotopic (exact) mass is 206 g/mol. The van der Waals surface area contributed by atoms with E-state index >= 15 is 0 Å². The average Bonchev–Trinajstić information content (AvgIpc) is 2.22. The minimum atomic E-state index is 0.560. The van der Waals surface area contributed by atoms with Gasteiger partial charge in [0.1, 0.15) is 0 Å². The molecule has 0 aliphatic carbocycles. The molecule has 84 valence electrons. The number of hydrogen-bond acceptors (Lipinski definition) is 2. The van der Waals surface area contributed by atoms with Crippen LogP contribution in [0.15, 0.2) is 24.3 Å². The Hall–Kier alpha value is -1.18. The largest absolute Gasteiger partial charge is 0.397 e. The van der Waals surface area contributed by atoms with Gasteiger partial charge in [0.25, 0.3) is 0 Å². The number of benzene rings is 1. The van der Waals surface area contributed by atoms with E-state index in [0.717, 1.165) is 12.2 Å². The van der Waals surface area contributed by atoms with Crippen LogP contribution in [0.5, 0.6) is 0 Å². The van der Waals surface area contributed by atoms with Crippen molar-refractivity contribution < 1.29 is 0 Å². The fourth-order valence-electron chi connectivity index (χ4n) is 2.04. The average molecular weight is 206 g/mol. The molecule has 0 saturated carbocycles. The zero-order valence-electron chi connectivity index (χ0n) is 10.0. The van der Waals surface area contributed by atoms with Crippen molar-refractivity contribution >= 4 is 11.4 Å². The van der Waals surface area contributed by atoms with Gasteiger partial charge in [-0.2, -0.15) is 0 Å². The van der Waals surface area contributed by atoms with Crippen LogP contribution in [0, 0.1) is 0 Å². The number of para-hydroxylation sites is 2. The summed E-state index contributed by atoms with van der Waals surface area (Å²) in [5.41, 5.74) is 8.03. The van der Waals surface area contributed by atoms with E-state index in [1.165, 1.54) is 18.5 Å². The summed E-state index contributed by atoms with van der Waals surface area (Å²) in [4.78, 5) is 2.37. The molecule has 0 aliphatic rings. The Balaban J connectivity index is 2.87. The molecule has 15 heavy (non-hydrogen) atoms. The molecule has 0 fully saturated rings. The van der Waals surface area contributed by atoms with Gasteiger partial charge in [0.2, 0.25) is 0 Å². The first-order valence-electron chi connectivity index (χ1n) is 5.81. The van der Waals surface area contributed by atoms with E-state index in [1.54, 1.807) is 0 Å². The number of rotatable bonds is 5. The van der Waals surface area contributed by atoms with Gasteiger partial charge in [-0.1, -0.05) is 25.5 Å². The van der Waals surface area contributed by atoms with Crippen LogP contribution in [0.25, 0.3) is 0 Å². The van der Waals surface area contributed by atoms with Gasteiger partial charge in [-0.05, 0) is 32.4 Å². The Kier molecular flexibility index (Phi) is 4.47. The van der Waals surface area contributed by atoms with Crippen molar-refractivity contribution in [2.75, 3.05) is 17.2 Å². The normalized spacial score (nSPS) is 12.5. The van der Waals surface area contributed by atoms with Crippen LogP contribution in [0.2, 0.25) is 0 Å². The molecule has 0 amide bonds. The summed E-state index contributed by atoms with van der Waals surface area (Å²) < 4.78 is 0. The third kappa shape index (κ3) is 2.88. The summed E-state index contributed by atoms with van der Waals surface area (Å²) in [6.07, 6.45) is 2.42. The molecule has 2 nitrogen and oxygen atoms in total. The summed E-state index contributed by atoms with van der Waals surface area (Å²) in [5.74, 6) is 0. The van der Waals surface area contributed by atoms with Gasteiger partial charge in [-0.15, -0.1) is 0 Å². The molecular weight excluding hydrogens is 184 g/mol. The van der Waals surface area contributed by atoms with Gasteiger partial charge in [0, 0.05) is 12.6 Å². The molecule has 1 aromatic carbocycles. The zero-order chi connectivity index (χ0) is 11.3. The Morgan fingerprint density at radius 1 is 1.27 bits per heavy atom. The van der Waals surface area contributed by atoms with E-state index < -0.39 is 0 Å². The second kappa shape index (κ2) is 5.64. The molecule has 2 N–H and O–H groups in total. The molecular formula is C13H22N2. The quantitative estimate of drug-likeness (QED) is 0.749. The standard InChI is InChI=1S/C13H22N2/c1-4-8-11(3)15(5-2)13-10-7-6-9-12(13)14/h6-7,9-11H,4-5,8,14H2,1-3H3. The van der Waals surface area contributed by atoms with Crippen LogP contribution in [-0.4, -0.2) is 12.6 Å². The van der Waals surface area contributed by atoms with Crippen LogP contribution in [0.1, 0.15) is 33.6 Å². The number of nitrogens with two attached hydrogens (primary N) is 1. The molecule has 1 unspecified atom stereocenters. The van der Waals surface area contributed by atoms with E-state index in [2.05, 4.69) is 31.7 Å². The van der Waals surface area contributed by atoms with Gasteiger partial charge in [0.05, 0.1) is 11.4 Å². The lowest BCUT2D eigenvalue weighted by molar-refractivity contribution is 0.591. The van der Waals surface area contributed by atoms with Crippen LogP contribution in [-0.2, 0) is 0 Å². The SMILES string of the molecule is CCCC(C)N(CC)c1ccccc1N. The predicted molar refractivity (Wildman–Crippen MR) is 68.2 cm³/mol. The number of nitrogen functional groups attached to an aromatic ring is 1. The fraction of sp³-hybridized carbons (Fsp3) is 0.538. The predicted octanol–water partition coefficient (Wildman–Crippen LogP) is 3.28. The highest BCUT2D eigenvalue weighted by Crippen LogP contribution is 2.25. The van der Waals surface area contributed by atoms with Crippen molar-refractivity contribution in [3.63, 3.8) is 0 Å². The first-order valence-corrected chi connectivity index (χ1v) is 5.81. The maximum atomic E-state index is 5.99. The Morgan fingerprint density at radius 2 is 1.93 bits per heavy atom. The number of hydrogen-bond donors (Lipinski definition) is 1. The summed E-state index contributed by atoms with van der Waals surface area (Å²) in [6, 6.07) is 8.66. The van der Waals surface area contributed by atoms with Gasteiger partial charge in [-0.3, -0.25) is 0 Å². The Labute approximate surface area is 93.1 Å². The zero-order valence-corrected chi connectivity index (χ0v) is 10.0. The molecule has 0 saturated heterocycles. The number of anilines is 2. The van der Waals surface area contributed by atoms with E-state index in [0.29, 0.717) is 6.04 Å². The van der Waals surface area contributed by atoms with E-state index in [9.17, 15) is 0 Å². The highest BCUT2D eigenvalue weighted by Gasteiger charge is 2.13. The van der Waals surface area contributed by atoms with Crippen molar-refractivity contribution in [3.05, 3.63) is 24.3 Å². The van der Waals surface area contributed by atoms with E-state index in [4.69, 9.17) is 5.73 Å². The topological polar surface area (TPSA) is 29.3 Å². The Bertz CT molecular complexity index is 296. The second-order valence-corrected chi connectivity index (χ2v) is 3.98. The molecule has 0 spiro atoms. The highest BCUT2D eigenvalue weighted by atomic mass is 15.2. The summed E-state index contributed by atoms with van der Waals surface area (Å²) in [7, 11) is 0. The minimum absolute atomic E-state index is 0.560. The van der Waals surface area contributed by atoms with E-state index in [1.807, 2.05) is 18.2 Å². The minimum Gasteiger partial charge on any atom is -0.397 e. The Morgan fingerprint density at radius 3 is 2.47 bits per heavy atom. The van der Waals surface area contributed by atoms with Crippen LogP contribution < -0.4 is 10.6 Å². The van der Waals surface area contributed by atoms with Gasteiger partial charge >= 0.3 is 0 Å². The molecule has 0 bridgehead atoms.